The predicted octanol–water partition coefficient (Wildman–Crippen LogP) is 2.91. The molecule has 1 aliphatic rings. The van der Waals surface area contributed by atoms with Crippen LogP contribution in [-0.2, 0) is 22.4 Å². The molecule has 0 amide bonds. The van der Waals surface area contributed by atoms with Crippen molar-refractivity contribution >= 4 is 11.6 Å². The van der Waals surface area contributed by atoms with Crippen LogP contribution in [-0.4, -0.2) is 28.0 Å². The van der Waals surface area contributed by atoms with Crippen LogP contribution < -0.4 is 0 Å². The molecule has 1 aromatic heterocycles. The van der Waals surface area contributed by atoms with Gasteiger partial charge in [0.15, 0.2) is 5.79 Å². The number of aromatic nitrogens is 2. The van der Waals surface area contributed by atoms with Crippen molar-refractivity contribution in [3.05, 3.63) is 53.6 Å². The molecule has 1 aliphatic heterocycles. The van der Waals surface area contributed by atoms with Gasteiger partial charge in [-0.1, -0.05) is 23.7 Å². The van der Waals surface area contributed by atoms with E-state index in [4.69, 9.17) is 21.1 Å². The summed E-state index contributed by atoms with van der Waals surface area (Å²) in [5.74, 6) is -0.631. The van der Waals surface area contributed by atoms with Gasteiger partial charge >= 0.3 is 0 Å². The third-order valence-electron chi connectivity index (χ3n) is 3.37. The summed E-state index contributed by atoms with van der Waals surface area (Å²) in [7, 11) is 0. The van der Waals surface area contributed by atoms with Gasteiger partial charge in [-0.2, -0.15) is 0 Å². The van der Waals surface area contributed by atoms with E-state index < -0.39 is 5.79 Å². The second-order valence-electron chi connectivity index (χ2n) is 5.19. The maximum atomic E-state index is 6.05. The second kappa shape index (κ2) is 5.56. The number of ether oxygens (including phenoxy) is 2. The lowest BCUT2D eigenvalue weighted by atomic mass is 10.0. The average Bonchev–Trinajstić information content (AvgIpc) is 3.04. The van der Waals surface area contributed by atoms with Gasteiger partial charge in [-0.15, -0.1) is 0 Å². The summed E-state index contributed by atoms with van der Waals surface area (Å²) in [6.07, 6.45) is 6.24. The molecule has 0 N–H and O–H groups in total. The minimum Gasteiger partial charge on any atom is -0.345 e. The van der Waals surface area contributed by atoms with Crippen LogP contribution in [0.5, 0.6) is 0 Å². The van der Waals surface area contributed by atoms with Crippen molar-refractivity contribution in [1.29, 1.82) is 0 Å². The van der Waals surface area contributed by atoms with E-state index in [0.29, 0.717) is 19.6 Å². The molecule has 0 radical (unpaired) electrons. The largest absolute Gasteiger partial charge is 0.345 e. The molecule has 0 saturated carbocycles. The Balaban J connectivity index is 1.80. The smallest absolute Gasteiger partial charge is 0.190 e. The summed E-state index contributed by atoms with van der Waals surface area (Å²) in [6, 6.07) is 7.79. The molecule has 0 bridgehead atoms. The molecule has 0 spiro atoms. The van der Waals surface area contributed by atoms with Crippen molar-refractivity contribution in [2.75, 3.05) is 6.61 Å². The Labute approximate surface area is 123 Å². The highest BCUT2D eigenvalue weighted by Crippen LogP contribution is 2.30. The van der Waals surface area contributed by atoms with E-state index in [1.165, 1.54) is 0 Å². The number of nitrogens with zero attached hydrogens (tertiary/aromatic N) is 2. The molecule has 20 heavy (non-hydrogen) atoms. The molecule has 4 nitrogen and oxygen atoms in total. The summed E-state index contributed by atoms with van der Waals surface area (Å²) < 4.78 is 14.0. The van der Waals surface area contributed by atoms with Crippen molar-refractivity contribution in [3.63, 3.8) is 0 Å². The quantitative estimate of drug-likeness (QED) is 0.869. The maximum absolute atomic E-state index is 6.05. The molecule has 5 heteroatoms. The fourth-order valence-corrected chi connectivity index (χ4v) is 2.63. The van der Waals surface area contributed by atoms with Crippen molar-refractivity contribution in [3.8, 4) is 0 Å². The number of rotatable bonds is 4. The minimum atomic E-state index is -0.631. The first-order valence-corrected chi connectivity index (χ1v) is 7.05. The topological polar surface area (TPSA) is 36.3 Å². The zero-order chi connectivity index (χ0) is 14.0. The van der Waals surface area contributed by atoms with Crippen LogP contribution in [0, 0.1) is 0 Å². The summed E-state index contributed by atoms with van der Waals surface area (Å²) in [4.78, 5) is 4.07. The van der Waals surface area contributed by atoms with E-state index in [-0.39, 0.29) is 6.10 Å². The molecule has 2 unspecified atom stereocenters. The third kappa shape index (κ3) is 3.03. The highest BCUT2D eigenvalue weighted by molar-refractivity contribution is 6.30. The lowest BCUT2D eigenvalue weighted by Crippen LogP contribution is -2.38. The van der Waals surface area contributed by atoms with E-state index in [9.17, 15) is 0 Å². The van der Waals surface area contributed by atoms with Crippen molar-refractivity contribution in [2.45, 2.75) is 31.8 Å². The van der Waals surface area contributed by atoms with Gasteiger partial charge in [0.2, 0.25) is 0 Å². The van der Waals surface area contributed by atoms with Crippen LogP contribution in [0.4, 0.5) is 0 Å². The van der Waals surface area contributed by atoms with Gasteiger partial charge in [-0.3, -0.25) is 0 Å². The van der Waals surface area contributed by atoms with Gasteiger partial charge in [0.05, 0.1) is 25.6 Å². The minimum absolute atomic E-state index is 0.103. The zero-order valence-electron chi connectivity index (χ0n) is 11.3. The van der Waals surface area contributed by atoms with Gasteiger partial charge in [0, 0.05) is 23.8 Å². The Hall–Kier alpha value is -1.36. The SMILES string of the molecule is CC1COC(Cc2ccc(Cl)cc2)(Cn2ccnc2)O1. The number of halogens is 1. The summed E-state index contributed by atoms with van der Waals surface area (Å²) in [5, 5.41) is 0.735. The first-order valence-electron chi connectivity index (χ1n) is 6.67. The van der Waals surface area contributed by atoms with Crippen LogP contribution in [0.15, 0.2) is 43.0 Å². The number of hydrogen-bond acceptors (Lipinski definition) is 3. The lowest BCUT2D eigenvalue weighted by Gasteiger charge is -2.28. The van der Waals surface area contributed by atoms with Crippen LogP contribution >= 0.6 is 11.6 Å². The number of imidazole rings is 1. The van der Waals surface area contributed by atoms with Crippen molar-refractivity contribution in [1.82, 2.24) is 9.55 Å². The summed E-state index contributed by atoms with van der Waals surface area (Å²) in [5.41, 5.74) is 1.14. The monoisotopic (exact) mass is 292 g/mol. The Bertz CT molecular complexity index is 556. The standard InChI is InChI=1S/C15H17ClN2O2/c1-12-9-19-15(20-12,10-18-7-6-17-11-18)8-13-2-4-14(16)5-3-13/h2-7,11-12H,8-10H2,1H3. The molecule has 3 rings (SSSR count). The van der Waals surface area contributed by atoms with Crippen LogP contribution in [0.3, 0.4) is 0 Å². The number of benzene rings is 1. The Morgan fingerprint density at radius 2 is 2.20 bits per heavy atom. The van der Waals surface area contributed by atoms with Gasteiger partial charge in [0.25, 0.3) is 0 Å². The molecular formula is C15H17ClN2O2. The highest BCUT2D eigenvalue weighted by atomic mass is 35.5. The zero-order valence-corrected chi connectivity index (χ0v) is 12.1. The second-order valence-corrected chi connectivity index (χ2v) is 5.62. The molecular weight excluding hydrogens is 276 g/mol. The Morgan fingerprint density at radius 3 is 2.80 bits per heavy atom. The maximum Gasteiger partial charge on any atom is 0.190 e. The number of hydrogen-bond donors (Lipinski definition) is 0. The van der Waals surface area contributed by atoms with Crippen LogP contribution in [0.25, 0.3) is 0 Å². The summed E-state index contributed by atoms with van der Waals surface area (Å²) in [6.45, 7) is 3.26. The predicted molar refractivity (Wildman–Crippen MR) is 76.6 cm³/mol. The first-order chi connectivity index (χ1) is 9.65. The first kappa shape index (κ1) is 13.6. The molecule has 2 atom stereocenters. The van der Waals surface area contributed by atoms with Crippen molar-refractivity contribution in [2.24, 2.45) is 0 Å². The fraction of sp³-hybridized carbons (Fsp3) is 0.400. The molecule has 2 heterocycles. The van der Waals surface area contributed by atoms with E-state index in [2.05, 4.69) is 4.98 Å². The van der Waals surface area contributed by atoms with Gasteiger partial charge in [-0.05, 0) is 24.6 Å². The van der Waals surface area contributed by atoms with E-state index in [1.54, 1.807) is 12.5 Å². The molecule has 1 fully saturated rings. The molecule has 2 aromatic rings. The van der Waals surface area contributed by atoms with E-state index >= 15 is 0 Å². The summed E-state index contributed by atoms with van der Waals surface area (Å²) >= 11 is 5.93. The molecule has 0 aliphatic carbocycles. The van der Waals surface area contributed by atoms with Gasteiger partial charge in [-0.25, -0.2) is 4.98 Å². The van der Waals surface area contributed by atoms with Crippen molar-refractivity contribution < 1.29 is 9.47 Å². The normalized spacial score (nSPS) is 26.0. The molecule has 106 valence electrons. The molecule has 1 saturated heterocycles. The highest BCUT2D eigenvalue weighted by Gasteiger charge is 2.40. The van der Waals surface area contributed by atoms with Crippen LogP contribution in [0.2, 0.25) is 5.02 Å². The Kier molecular flexibility index (Phi) is 3.78. The van der Waals surface area contributed by atoms with Gasteiger partial charge < -0.3 is 14.0 Å². The van der Waals surface area contributed by atoms with E-state index in [1.807, 2.05) is 42.0 Å². The van der Waals surface area contributed by atoms with Crippen LogP contribution in [0.1, 0.15) is 12.5 Å². The fourth-order valence-electron chi connectivity index (χ4n) is 2.51. The average molecular weight is 293 g/mol. The third-order valence-corrected chi connectivity index (χ3v) is 3.62. The van der Waals surface area contributed by atoms with Gasteiger partial charge in [0.1, 0.15) is 0 Å². The van der Waals surface area contributed by atoms with E-state index in [0.717, 1.165) is 10.6 Å². The lowest BCUT2D eigenvalue weighted by molar-refractivity contribution is -0.175. The Morgan fingerprint density at radius 1 is 1.40 bits per heavy atom. The molecule has 1 aromatic carbocycles.